The standard InChI is InChI=1S/C23H16Cl7N3O2/c1-23(29,30)20(11-6-13(25)8-14(26)7-11)22(35)31-15-3-5-17(27)16(10-15)21(34)33-32-19-9-12(24)2-4-18(19)28/h2-10,20,32H,1H3,(H,31,35)(H,33,34). The monoisotopic (exact) mass is 611 g/mol. The second-order valence-electron chi connectivity index (χ2n) is 7.48. The zero-order valence-corrected chi connectivity index (χ0v) is 23.0. The zero-order valence-electron chi connectivity index (χ0n) is 17.7. The molecule has 0 fully saturated rings. The Hall–Kier alpha value is -1.57. The molecule has 3 aromatic rings. The summed E-state index contributed by atoms with van der Waals surface area (Å²) in [6, 6.07) is 13.7. The minimum atomic E-state index is -1.51. The molecule has 0 saturated carbocycles. The number of halogens is 7. The predicted octanol–water partition coefficient (Wildman–Crippen LogP) is 8.63. The SMILES string of the molecule is CC(Cl)(Cl)C(C(=O)Nc1ccc(Cl)c(C(=O)NNc2cc(Cl)ccc2Cl)c1)c1cc(Cl)cc(Cl)c1. The van der Waals surface area contributed by atoms with Gasteiger partial charge in [0.2, 0.25) is 5.91 Å². The van der Waals surface area contributed by atoms with E-state index in [-0.39, 0.29) is 16.3 Å². The first-order valence-corrected chi connectivity index (χ1v) is 12.5. The maximum atomic E-state index is 13.2. The van der Waals surface area contributed by atoms with E-state index >= 15 is 0 Å². The summed E-state index contributed by atoms with van der Waals surface area (Å²) in [6.07, 6.45) is 0. The van der Waals surface area contributed by atoms with Gasteiger partial charge in [0.1, 0.15) is 4.33 Å². The number of rotatable bonds is 7. The highest BCUT2D eigenvalue weighted by Gasteiger charge is 2.37. The molecule has 5 nitrogen and oxygen atoms in total. The Bertz CT molecular complexity index is 1260. The van der Waals surface area contributed by atoms with Gasteiger partial charge in [-0.05, 0) is 67.1 Å². The fourth-order valence-electron chi connectivity index (χ4n) is 3.19. The van der Waals surface area contributed by atoms with Crippen LogP contribution in [-0.2, 0) is 4.79 Å². The van der Waals surface area contributed by atoms with E-state index in [1.165, 1.54) is 31.2 Å². The van der Waals surface area contributed by atoms with Crippen LogP contribution in [0.15, 0.2) is 54.6 Å². The Kier molecular flexibility index (Phi) is 9.33. The first-order chi connectivity index (χ1) is 16.3. The number of amides is 2. The quantitative estimate of drug-likeness (QED) is 0.184. The number of hydrogen-bond donors (Lipinski definition) is 3. The van der Waals surface area contributed by atoms with E-state index in [2.05, 4.69) is 16.2 Å². The molecule has 0 aliphatic carbocycles. The third-order valence-electron chi connectivity index (χ3n) is 4.70. The molecule has 184 valence electrons. The van der Waals surface area contributed by atoms with Crippen LogP contribution in [0.3, 0.4) is 0 Å². The van der Waals surface area contributed by atoms with Crippen molar-refractivity contribution in [3.05, 3.63) is 90.8 Å². The van der Waals surface area contributed by atoms with E-state index in [1.54, 1.807) is 30.3 Å². The van der Waals surface area contributed by atoms with Crippen molar-refractivity contribution in [2.45, 2.75) is 17.2 Å². The van der Waals surface area contributed by atoms with Crippen LogP contribution >= 0.6 is 81.2 Å². The van der Waals surface area contributed by atoms with Crippen molar-refractivity contribution in [2.75, 3.05) is 10.7 Å². The molecule has 35 heavy (non-hydrogen) atoms. The van der Waals surface area contributed by atoms with Crippen LogP contribution in [0.25, 0.3) is 0 Å². The summed E-state index contributed by atoms with van der Waals surface area (Å²) >= 11 is 43.1. The summed E-state index contributed by atoms with van der Waals surface area (Å²) in [7, 11) is 0. The van der Waals surface area contributed by atoms with Gasteiger partial charge in [0.05, 0.1) is 27.2 Å². The molecule has 3 N–H and O–H groups in total. The Morgan fingerprint density at radius 1 is 0.800 bits per heavy atom. The number of carbonyl (C=O) groups excluding carboxylic acids is 2. The summed E-state index contributed by atoms with van der Waals surface area (Å²) in [5.74, 6) is -2.17. The Morgan fingerprint density at radius 2 is 1.43 bits per heavy atom. The summed E-state index contributed by atoms with van der Waals surface area (Å²) in [6.45, 7) is 1.47. The Labute approximate surface area is 236 Å². The second kappa shape index (κ2) is 11.7. The normalized spacial score (nSPS) is 12.1. The topological polar surface area (TPSA) is 70.2 Å². The highest BCUT2D eigenvalue weighted by atomic mass is 35.5. The van der Waals surface area contributed by atoms with Gasteiger partial charge in [-0.25, -0.2) is 0 Å². The van der Waals surface area contributed by atoms with Crippen molar-refractivity contribution in [2.24, 2.45) is 0 Å². The van der Waals surface area contributed by atoms with Crippen LogP contribution in [0.4, 0.5) is 11.4 Å². The molecular formula is C23H16Cl7N3O2. The van der Waals surface area contributed by atoms with E-state index in [0.29, 0.717) is 31.3 Å². The number of benzene rings is 3. The highest BCUT2D eigenvalue weighted by molar-refractivity contribution is 6.50. The second-order valence-corrected chi connectivity index (χ2v) is 11.4. The van der Waals surface area contributed by atoms with Gasteiger partial charge in [-0.1, -0.05) is 58.0 Å². The lowest BCUT2D eigenvalue weighted by atomic mass is 9.94. The van der Waals surface area contributed by atoms with E-state index in [4.69, 9.17) is 81.2 Å². The third-order valence-corrected chi connectivity index (χ3v) is 6.47. The van der Waals surface area contributed by atoms with Gasteiger partial charge < -0.3 is 5.32 Å². The van der Waals surface area contributed by atoms with Gasteiger partial charge in [0, 0.05) is 20.8 Å². The van der Waals surface area contributed by atoms with Gasteiger partial charge in [-0.15, -0.1) is 23.2 Å². The van der Waals surface area contributed by atoms with Gasteiger partial charge in [0.25, 0.3) is 5.91 Å². The number of nitrogens with one attached hydrogen (secondary N) is 3. The maximum Gasteiger partial charge on any atom is 0.271 e. The Morgan fingerprint density at radius 3 is 2.06 bits per heavy atom. The average Bonchev–Trinajstić information content (AvgIpc) is 2.74. The van der Waals surface area contributed by atoms with E-state index in [9.17, 15) is 9.59 Å². The molecule has 0 heterocycles. The van der Waals surface area contributed by atoms with Crippen LogP contribution in [-0.4, -0.2) is 16.1 Å². The molecule has 2 amide bonds. The van der Waals surface area contributed by atoms with E-state index in [1.807, 2.05) is 0 Å². The van der Waals surface area contributed by atoms with Crippen molar-refractivity contribution < 1.29 is 9.59 Å². The van der Waals surface area contributed by atoms with Crippen LogP contribution in [0.5, 0.6) is 0 Å². The first kappa shape index (κ1) is 28.0. The molecule has 0 bridgehead atoms. The Balaban J connectivity index is 1.82. The summed E-state index contributed by atoms with van der Waals surface area (Å²) in [4.78, 5) is 25.9. The maximum absolute atomic E-state index is 13.2. The lowest BCUT2D eigenvalue weighted by molar-refractivity contribution is -0.117. The summed E-state index contributed by atoms with van der Waals surface area (Å²) < 4.78 is -1.51. The van der Waals surface area contributed by atoms with Crippen LogP contribution < -0.4 is 16.2 Å². The van der Waals surface area contributed by atoms with Crippen molar-refractivity contribution in [1.29, 1.82) is 0 Å². The minimum absolute atomic E-state index is 0.0805. The van der Waals surface area contributed by atoms with Gasteiger partial charge >= 0.3 is 0 Å². The van der Waals surface area contributed by atoms with Gasteiger partial charge in [-0.2, -0.15) is 0 Å². The molecule has 0 spiro atoms. The molecule has 3 rings (SSSR count). The summed E-state index contributed by atoms with van der Waals surface area (Å²) in [5.41, 5.74) is 6.34. The predicted molar refractivity (Wildman–Crippen MR) is 147 cm³/mol. The lowest BCUT2D eigenvalue weighted by Gasteiger charge is -2.26. The van der Waals surface area contributed by atoms with Crippen molar-refractivity contribution in [3.8, 4) is 0 Å². The van der Waals surface area contributed by atoms with E-state index < -0.39 is 22.1 Å². The fourth-order valence-corrected chi connectivity index (χ4v) is 4.73. The number of anilines is 2. The number of carbonyl (C=O) groups is 2. The van der Waals surface area contributed by atoms with Crippen LogP contribution in [0.1, 0.15) is 28.8 Å². The lowest BCUT2D eigenvalue weighted by Crippen LogP contribution is -2.33. The highest BCUT2D eigenvalue weighted by Crippen LogP contribution is 2.40. The van der Waals surface area contributed by atoms with Gasteiger partial charge in [-0.3, -0.25) is 20.4 Å². The molecule has 0 aromatic heterocycles. The smallest absolute Gasteiger partial charge is 0.271 e. The largest absolute Gasteiger partial charge is 0.325 e. The molecular weight excluding hydrogens is 598 g/mol. The first-order valence-electron chi connectivity index (χ1n) is 9.81. The molecule has 0 aliphatic heterocycles. The molecule has 3 aromatic carbocycles. The summed E-state index contributed by atoms with van der Waals surface area (Å²) in [5, 5.41) is 4.27. The molecule has 1 atom stereocenters. The van der Waals surface area contributed by atoms with Crippen molar-refractivity contribution >= 4 is 104 Å². The number of alkyl halides is 2. The van der Waals surface area contributed by atoms with Crippen molar-refractivity contribution in [1.82, 2.24) is 5.43 Å². The van der Waals surface area contributed by atoms with Crippen molar-refractivity contribution in [3.63, 3.8) is 0 Å². The number of hydrogen-bond acceptors (Lipinski definition) is 3. The minimum Gasteiger partial charge on any atom is -0.325 e. The third kappa shape index (κ3) is 7.46. The zero-order chi connectivity index (χ0) is 25.9. The van der Waals surface area contributed by atoms with Crippen LogP contribution in [0, 0.1) is 0 Å². The average molecular weight is 615 g/mol. The van der Waals surface area contributed by atoms with E-state index in [0.717, 1.165) is 0 Å². The molecule has 0 radical (unpaired) electrons. The molecule has 0 aliphatic rings. The van der Waals surface area contributed by atoms with Crippen LogP contribution in [0.2, 0.25) is 25.1 Å². The molecule has 1 unspecified atom stereocenters. The number of hydrazine groups is 1. The molecule has 0 saturated heterocycles. The van der Waals surface area contributed by atoms with Gasteiger partial charge in [0.15, 0.2) is 0 Å². The fraction of sp³-hybridized carbons (Fsp3) is 0.130. The molecule has 12 heteroatoms.